The molecule has 6 nitrogen and oxygen atoms in total. The molecule has 0 aliphatic heterocycles. The van der Waals surface area contributed by atoms with E-state index >= 15 is 0 Å². The van der Waals surface area contributed by atoms with Gasteiger partial charge in [-0.2, -0.15) is 0 Å². The largest absolute Gasteiger partial charge is 0.508 e. The molecule has 0 aliphatic rings. The second kappa shape index (κ2) is 5.48. The summed E-state index contributed by atoms with van der Waals surface area (Å²) >= 11 is 0. The lowest BCUT2D eigenvalue weighted by molar-refractivity contribution is 0.465. The van der Waals surface area contributed by atoms with Gasteiger partial charge in [-0.3, -0.25) is 14.2 Å². The lowest BCUT2D eigenvalue weighted by atomic mass is 10.2. The average Bonchev–Trinajstić information content (AvgIpc) is 2.48. The van der Waals surface area contributed by atoms with Crippen molar-refractivity contribution in [3.63, 3.8) is 0 Å². The fourth-order valence-corrected chi connectivity index (χ4v) is 2.47. The summed E-state index contributed by atoms with van der Waals surface area (Å²) in [5, 5.41) is 9.94. The fraction of sp³-hybridized carbons (Fsp3) is 0.188. The second-order valence-electron chi connectivity index (χ2n) is 5.11. The normalized spacial score (nSPS) is 11.0. The fourth-order valence-electron chi connectivity index (χ4n) is 2.47. The first-order valence-corrected chi connectivity index (χ1v) is 6.91. The maximum atomic E-state index is 12.4. The summed E-state index contributed by atoms with van der Waals surface area (Å²) in [6.07, 6.45) is 1.49. The third-order valence-electron chi connectivity index (χ3n) is 3.62. The highest BCUT2D eigenvalue weighted by Gasteiger charge is 2.06. The molecule has 0 unspecified atom stereocenters. The molecule has 3 aromatic rings. The van der Waals surface area contributed by atoms with E-state index in [1.807, 2.05) is 6.07 Å². The van der Waals surface area contributed by atoms with Gasteiger partial charge in [-0.15, -0.1) is 0 Å². The van der Waals surface area contributed by atoms with Crippen LogP contribution in [0.4, 0.5) is 0 Å². The van der Waals surface area contributed by atoms with Crippen molar-refractivity contribution < 1.29 is 5.11 Å². The van der Waals surface area contributed by atoms with Gasteiger partial charge in [0.1, 0.15) is 5.75 Å². The monoisotopic (exact) mass is 297 g/mol. The zero-order valence-corrected chi connectivity index (χ0v) is 12.1. The number of aromatic nitrogens is 3. The number of fused-ring (bicyclic) bond motifs is 1. The van der Waals surface area contributed by atoms with Crippen molar-refractivity contribution in [2.75, 3.05) is 0 Å². The van der Waals surface area contributed by atoms with Crippen LogP contribution in [0.1, 0.15) is 5.69 Å². The van der Waals surface area contributed by atoms with Gasteiger partial charge in [-0.05, 0) is 25.1 Å². The number of aryl methyl sites for hydroxylation is 2. The molecule has 6 heteroatoms. The number of hydrogen-bond acceptors (Lipinski definition) is 4. The molecule has 1 aromatic carbocycles. The molecule has 0 spiro atoms. The lowest BCUT2D eigenvalue weighted by Gasteiger charge is -2.11. The van der Waals surface area contributed by atoms with Gasteiger partial charge in [0, 0.05) is 24.8 Å². The van der Waals surface area contributed by atoms with Crippen LogP contribution in [0.5, 0.6) is 5.75 Å². The maximum Gasteiger partial charge on any atom is 0.261 e. The van der Waals surface area contributed by atoms with Crippen molar-refractivity contribution in [3.05, 3.63) is 69.1 Å². The Morgan fingerprint density at radius 2 is 1.91 bits per heavy atom. The Hall–Kier alpha value is -2.89. The molecule has 112 valence electrons. The molecule has 0 saturated carbocycles. The van der Waals surface area contributed by atoms with Gasteiger partial charge in [0.25, 0.3) is 11.1 Å². The van der Waals surface area contributed by atoms with Crippen LogP contribution in [0.2, 0.25) is 0 Å². The van der Waals surface area contributed by atoms with E-state index in [1.54, 1.807) is 25.1 Å². The van der Waals surface area contributed by atoms with Gasteiger partial charge in [-0.25, -0.2) is 4.98 Å². The van der Waals surface area contributed by atoms with E-state index in [1.165, 1.54) is 21.5 Å². The molecule has 3 rings (SSSR count). The molecule has 22 heavy (non-hydrogen) atoms. The quantitative estimate of drug-likeness (QED) is 0.790. The third-order valence-corrected chi connectivity index (χ3v) is 3.62. The molecular formula is C16H15N3O3. The zero-order valence-electron chi connectivity index (χ0n) is 12.1. The summed E-state index contributed by atoms with van der Waals surface area (Å²) in [5.74, 6) is -0.0525. The molecule has 2 aromatic heterocycles. The average molecular weight is 297 g/mol. The highest BCUT2D eigenvalue weighted by molar-refractivity contribution is 5.76. The first-order chi connectivity index (χ1) is 10.6. The standard InChI is InChI=1S/C16H15N3O3/c1-11-8-12(20)9-15(21)19(11)7-6-18-10-17-14-5-3-2-4-13(14)16(18)22/h2-5,8-10,20H,6-7H2,1H3. The Kier molecular flexibility index (Phi) is 3.50. The minimum Gasteiger partial charge on any atom is -0.508 e. The molecule has 0 atom stereocenters. The van der Waals surface area contributed by atoms with Crippen LogP contribution >= 0.6 is 0 Å². The Morgan fingerprint density at radius 1 is 1.14 bits per heavy atom. The smallest absolute Gasteiger partial charge is 0.261 e. The van der Waals surface area contributed by atoms with E-state index in [2.05, 4.69) is 4.98 Å². The van der Waals surface area contributed by atoms with Crippen molar-refractivity contribution in [2.45, 2.75) is 20.0 Å². The Bertz CT molecular complexity index is 957. The van der Waals surface area contributed by atoms with Crippen molar-refractivity contribution in [2.24, 2.45) is 0 Å². The zero-order chi connectivity index (χ0) is 15.7. The van der Waals surface area contributed by atoms with E-state index in [4.69, 9.17) is 0 Å². The molecule has 0 amide bonds. The van der Waals surface area contributed by atoms with Crippen molar-refractivity contribution in [1.29, 1.82) is 0 Å². The first-order valence-electron chi connectivity index (χ1n) is 6.91. The SMILES string of the molecule is Cc1cc(O)cc(=O)n1CCn1cnc2ccccc2c1=O. The molecule has 0 saturated heterocycles. The van der Waals surface area contributed by atoms with Gasteiger partial charge in [0.15, 0.2) is 0 Å². The van der Waals surface area contributed by atoms with E-state index in [9.17, 15) is 14.7 Å². The number of para-hydroxylation sites is 1. The summed E-state index contributed by atoms with van der Waals surface area (Å²) in [4.78, 5) is 28.5. The van der Waals surface area contributed by atoms with Crippen LogP contribution in [0.25, 0.3) is 10.9 Å². The Morgan fingerprint density at radius 3 is 2.68 bits per heavy atom. The van der Waals surface area contributed by atoms with Crippen LogP contribution in [-0.2, 0) is 13.1 Å². The second-order valence-corrected chi connectivity index (χ2v) is 5.11. The van der Waals surface area contributed by atoms with Crippen LogP contribution < -0.4 is 11.1 Å². The van der Waals surface area contributed by atoms with Gasteiger partial charge < -0.3 is 9.67 Å². The van der Waals surface area contributed by atoms with Crippen molar-refractivity contribution in [3.8, 4) is 5.75 Å². The Labute approximate surface area is 125 Å². The topological polar surface area (TPSA) is 77.1 Å². The number of hydrogen-bond donors (Lipinski definition) is 1. The Balaban J connectivity index is 1.94. The molecule has 0 bridgehead atoms. The number of aromatic hydroxyl groups is 1. The highest BCUT2D eigenvalue weighted by Crippen LogP contribution is 2.07. The summed E-state index contributed by atoms with van der Waals surface area (Å²) in [5.41, 5.74) is 0.878. The third kappa shape index (κ3) is 2.50. The van der Waals surface area contributed by atoms with Crippen molar-refractivity contribution >= 4 is 10.9 Å². The van der Waals surface area contributed by atoms with Gasteiger partial charge in [0.2, 0.25) is 0 Å². The number of rotatable bonds is 3. The predicted molar refractivity (Wildman–Crippen MR) is 83.1 cm³/mol. The maximum absolute atomic E-state index is 12.4. The van der Waals surface area contributed by atoms with E-state index in [0.717, 1.165) is 6.07 Å². The molecular weight excluding hydrogens is 282 g/mol. The highest BCUT2D eigenvalue weighted by atomic mass is 16.3. The summed E-state index contributed by atoms with van der Waals surface area (Å²) in [6.45, 7) is 2.41. The van der Waals surface area contributed by atoms with E-state index in [-0.39, 0.29) is 16.9 Å². The number of nitrogens with zero attached hydrogens (tertiary/aromatic N) is 3. The van der Waals surface area contributed by atoms with E-state index < -0.39 is 0 Å². The number of pyridine rings is 1. The summed E-state index contributed by atoms with van der Waals surface area (Å²) < 4.78 is 3.00. The molecule has 0 radical (unpaired) electrons. The van der Waals surface area contributed by atoms with Crippen LogP contribution in [0, 0.1) is 6.92 Å². The van der Waals surface area contributed by atoms with Gasteiger partial charge >= 0.3 is 0 Å². The van der Waals surface area contributed by atoms with Gasteiger partial charge in [-0.1, -0.05) is 12.1 Å². The van der Waals surface area contributed by atoms with Crippen LogP contribution in [-0.4, -0.2) is 19.2 Å². The first kappa shape index (κ1) is 14.1. The molecule has 0 aliphatic carbocycles. The molecule has 1 N–H and O–H groups in total. The molecule has 2 heterocycles. The van der Waals surface area contributed by atoms with Crippen molar-refractivity contribution in [1.82, 2.24) is 14.1 Å². The minimum absolute atomic E-state index is 0.0525. The molecule has 0 fully saturated rings. The predicted octanol–water partition coefficient (Wildman–Crippen LogP) is 1.27. The van der Waals surface area contributed by atoms with Gasteiger partial charge in [0.05, 0.1) is 17.2 Å². The lowest BCUT2D eigenvalue weighted by Crippen LogP contribution is -2.27. The van der Waals surface area contributed by atoms with Crippen LogP contribution in [0.3, 0.4) is 0 Å². The van der Waals surface area contributed by atoms with Crippen LogP contribution in [0.15, 0.2) is 52.3 Å². The number of benzene rings is 1. The van der Waals surface area contributed by atoms with E-state index in [0.29, 0.717) is 29.7 Å². The summed E-state index contributed by atoms with van der Waals surface area (Å²) in [7, 11) is 0. The summed E-state index contributed by atoms with van der Waals surface area (Å²) in [6, 6.07) is 9.83. The minimum atomic E-state index is -0.292.